The van der Waals surface area contributed by atoms with Crippen molar-refractivity contribution in [3.8, 4) is 0 Å². The monoisotopic (exact) mass is 312 g/mol. The van der Waals surface area contributed by atoms with E-state index in [1.165, 1.54) is 10.8 Å². The van der Waals surface area contributed by atoms with Crippen molar-refractivity contribution in [3.05, 3.63) is 48.0 Å². The van der Waals surface area contributed by atoms with Crippen LogP contribution in [0.3, 0.4) is 0 Å². The van der Waals surface area contributed by atoms with Crippen molar-refractivity contribution >= 4 is 16.8 Å². The van der Waals surface area contributed by atoms with E-state index in [0.29, 0.717) is 6.54 Å². The molecule has 0 aliphatic carbocycles. The van der Waals surface area contributed by atoms with Crippen molar-refractivity contribution in [1.29, 1.82) is 0 Å². The van der Waals surface area contributed by atoms with Gasteiger partial charge in [0.1, 0.15) is 0 Å². The lowest BCUT2D eigenvalue weighted by Gasteiger charge is -2.24. The van der Waals surface area contributed by atoms with Gasteiger partial charge in [0, 0.05) is 20.2 Å². The van der Waals surface area contributed by atoms with E-state index in [2.05, 4.69) is 35.6 Å². The van der Waals surface area contributed by atoms with E-state index in [1.54, 1.807) is 4.90 Å². The van der Waals surface area contributed by atoms with Crippen LogP contribution in [0.5, 0.6) is 0 Å². The summed E-state index contributed by atoms with van der Waals surface area (Å²) in [6.07, 6.45) is 2.25. The largest absolute Gasteiger partial charge is 0.376 e. The average Bonchev–Trinajstić information content (AvgIpc) is 3.09. The van der Waals surface area contributed by atoms with Crippen LogP contribution in [-0.2, 0) is 11.3 Å². The van der Waals surface area contributed by atoms with E-state index in [0.717, 1.165) is 25.0 Å². The Kier molecular flexibility index (Phi) is 4.82. The molecule has 1 aliphatic rings. The van der Waals surface area contributed by atoms with E-state index in [9.17, 15) is 4.79 Å². The molecule has 0 spiro atoms. The van der Waals surface area contributed by atoms with Crippen LogP contribution in [0.25, 0.3) is 10.8 Å². The molecule has 4 heteroatoms. The van der Waals surface area contributed by atoms with E-state index < -0.39 is 0 Å². The molecule has 122 valence electrons. The van der Waals surface area contributed by atoms with Crippen LogP contribution < -0.4 is 5.32 Å². The highest BCUT2D eigenvalue weighted by atomic mass is 16.5. The quantitative estimate of drug-likeness (QED) is 0.938. The van der Waals surface area contributed by atoms with Crippen molar-refractivity contribution in [2.75, 3.05) is 13.7 Å². The molecule has 23 heavy (non-hydrogen) atoms. The maximum absolute atomic E-state index is 12.3. The lowest BCUT2D eigenvalue weighted by molar-refractivity contribution is 0.0838. The van der Waals surface area contributed by atoms with Crippen molar-refractivity contribution < 1.29 is 9.53 Å². The summed E-state index contributed by atoms with van der Waals surface area (Å²) in [5, 5.41) is 5.46. The average molecular weight is 312 g/mol. The second-order valence-corrected chi connectivity index (χ2v) is 6.33. The second-order valence-electron chi connectivity index (χ2n) is 6.33. The Hall–Kier alpha value is -2.07. The minimum Gasteiger partial charge on any atom is -0.376 e. The predicted molar refractivity (Wildman–Crippen MR) is 92.4 cm³/mol. The Balaban J connectivity index is 1.60. The topological polar surface area (TPSA) is 41.6 Å². The van der Waals surface area contributed by atoms with Gasteiger partial charge in [-0.05, 0) is 42.2 Å². The van der Waals surface area contributed by atoms with Gasteiger partial charge in [-0.1, -0.05) is 36.4 Å². The molecule has 1 fully saturated rings. The van der Waals surface area contributed by atoms with Gasteiger partial charge in [0.05, 0.1) is 12.1 Å². The number of urea groups is 1. The second kappa shape index (κ2) is 7.01. The molecule has 0 bridgehead atoms. The Morgan fingerprint density at radius 3 is 2.83 bits per heavy atom. The van der Waals surface area contributed by atoms with Gasteiger partial charge in [-0.25, -0.2) is 4.79 Å². The van der Waals surface area contributed by atoms with E-state index in [1.807, 2.05) is 26.1 Å². The van der Waals surface area contributed by atoms with Gasteiger partial charge in [0.15, 0.2) is 0 Å². The first-order valence-corrected chi connectivity index (χ1v) is 8.24. The first-order valence-electron chi connectivity index (χ1n) is 8.24. The molecule has 2 amide bonds. The molecule has 1 aliphatic heterocycles. The normalized spacial score (nSPS) is 18.8. The zero-order valence-electron chi connectivity index (χ0n) is 13.8. The molecule has 0 aromatic heterocycles. The van der Waals surface area contributed by atoms with Crippen LogP contribution >= 0.6 is 0 Å². The van der Waals surface area contributed by atoms with Crippen molar-refractivity contribution in [3.63, 3.8) is 0 Å². The Labute approximate surface area is 137 Å². The number of carbonyl (C=O) groups is 1. The number of nitrogens with zero attached hydrogens (tertiary/aromatic N) is 1. The summed E-state index contributed by atoms with van der Waals surface area (Å²) in [6.45, 7) is 3.41. The highest BCUT2D eigenvalue weighted by Crippen LogP contribution is 2.17. The van der Waals surface area contributed by atoms with Gasteiger partial charge in [-0.3, -0.25) is 0 Å². The fraction of sp³-hybridized carbons (Fsp3) is 0.421. The molecule has 2 aromatic carbocycles. The van der Waals surface area contributed by atoms with Crippen molar-refractivity contribution in [2.24, 2.45) is 0 Å². The molecular weight excluding hydrogens is 288 g/mol. The maximum Gasteiger partial charge on any atom is 0.317 e. The standard InChI is InChI=1S/C19H24N2O2/c1-14(18-8-5-11-23-18)20-19(22)21(2)13-15-9-10-16-6-3-4-7-17(16)12-15/h3-4,6-7,9-10,12,14,18H,5,8,11,13H2,1-2H3,(H,20,22)/t14-,18+/m0/s1. The zero-order valence-corrected chi connectivity index (χ0v) is 13.8. The molecule has 2 aromatic rings. The van der Waals surface area contributed by atoms with Crippen LogP contribution in [0.4, 0.5) is 4.79 Å². The Bertz CT molecular complexity index is 680. The summed E-state index contributed by atoms with van der Waals surface area (Å²) < 4.78 is 5.63. The molecule has 1 saturated heterocycles. The minimum absolute atomic E-state index is 0.0454. The zero-order chi connectivity index (χ0) is 16.2. The third kappa shape index (κ3) is 3.82. The fourth-order valence-corrected chi connectivity index (χ4v) is 3.08. The number of rotatable bonds is 4. The number of fused-ring (bicyclic) bond motifs is 1. The van der Waals surface area contributed by atoms with E-state index in [4.69, 9.17) is 4.74 Å². The molecule has 0 saturated carbocycles. The molecular formula is C19H24N2O2. The van der Waals surface area contributed by atoms with Gasteiger partial charge < -0.3 is 15.0 Å². The number of nitrogens with one attached hydrogen (secondary N) is 1. The lowest BCUT2D eigenvalue weighted by atomic mass is 10.1. The number of amides is 2. The van der Waals surface area contributed by atoms with Crippen LogP contribution in [0.2, 0.25) is 0 Å². The highest BCUT2D eigenvalue weighted by molar-refractivity contribution is 5.83. The molecule has 2 atom stereocenters. The fourth-order valence-electron chi connectivity index (χ4n) is 3.08. The van der Waals surface area contributed by atoms with Gasteiger partial charge in [0.25, 0.3) is 0 Å². The SMILES string of the molecule is C[C@H](NC(=O)N(C)Cc1ccc2ccccc2c1)[C@H]1CCCO1. The number of benzene rings is 2. The first kappa shape index (κ1) is 15.8. The molecule has 1 N–H and O–H groups in total. The maximum atomic E-state index is 12.3. The third-order valence-corrected chi connectivity index (χ3v) is 4.45. The van der Waals surface area contributed by atoms with Crippen molar-refractivity contribution in [2.45, 2.75) is 38.5 Å². The van der Waals surface area contributed by atoms with Gasteiger partial charge in [-0.15, -0.1) is 0 Å². The molecule has 0 unspecified atom stereocenters. The van der Waals surface area contributed by atoms with Gasteiger partial charge >= 0.3 is 6.03 Å². The molecule has 0 radical (unpaired) electrons. The molecule has 1 heterocycles. The smallest absolute Gasteiger partial charge is 0.317 e. The van der Waals surface area contributed by atoms with Crippen LogP contribution in [0.1, 0.15) is 25.3 Å². The van der Waals surface area contributed by atoms with E-state index in [-0.39, 0.29) is 18.2 Å². The third-order valence-electron chi connectivity index (χ3n) is 4.45. The van der Waals surface area contributed by atoms with Crippen molar-refractivity contribution in [1.82, 2.24) is 10.2 Å². The lowest BCUT2D eigenvalue weighted by Crippen LogP contribution is -2.46. The highest BCUT2D eigenvalue weighted by Gasteiger charge is 2.24. The number of carbonyl (C=O) groups excluding carboxylic acids is 1. The summed E-state index contributed by atoms with van der Waals surface area (Å²) in [5.41, 5.74) is 1.13. The van der Waals surface area contributed by atoms with Crippen LogP contribution in [0.15, 0.2) is 42.5 Å². The van der Waals surface area contributed by atoms with Gasteiger partial charge in [0.2, 0.25) is 0 Å². The molecule has 4 nitrogen and oxygen atoms in total. The minimum atomic E-state index is -0.0545. The summed E-state index contributed by atoms with van der Waals surface area (Å²) in [4.78, 5) is 14.1. The molecule has 3 rings (SSSR count). The first-order chi connectivity index (χ1) is 11.1. The number of hydrogen-bond acceptors (Lipinski definition) is 2. The van der Waals surface area contributed by atoms with E-state index >= 15 is 0 Å². The Morgan fingerprint density at radius 2 is 2.09 bits per heavy atom. The summed E-state index contributed by atoms with van der Waals surface area (Å²) >= 11 is 0. The number of hydrogen-bond donors (Lipinski definition) is 1. The Morgan fingerprint density at radius 1 is 1.30 bits per heavy atom. The summed E-state index contributed by atoms with van der Waals surface area (Å²) in [6, 6.07) is 14.6. The summed E-state index contributed by atoms with van der Waals surface area (Å²) in [7, 11) is 1.83. The predicted octanol–water partition coefficient (Wildman–Crippen LogP) is 3.55. The summed E-state index contributed by atoms with van der Waals surface area (Å²) in [5.74, 6) is 0. The van der Waals surface area contributed by atoms with Crippen LogP contribution in [0, 0.1) is 0 Å². The number of ether oxygens (including phenoxy) is 1. The van der Waals surface area contributed by atoms with Gasteiger partial charge in [-0.2, -0.15) is 0 Å². The van der Waals surface area contributed by atoms with Crippen LogP contribution in [-0.4, -0.2) is 36.7 Å².